The first-order valence-corrected chi connectivity index (χ1v) is 10.6. The van der Waals surface area contributed by atoms with Crippen molar-refractivity contribution in [1.29, 1.82) is 0 Å². The van der Waals surface area contributed by atoms with Gasteiger partial charge < -0.3 is 16.0 Å². The normalized spacial score (nSPS) is 13.1. The maximum Gasteiger partial charge on any atom is 0.234 e. The fraction of sp³-hybridized carbons (Fsp3) is 0.591. The number of benzene rings is 1. The number of hydrogen-bond donors (Lipinski definition) is 3. The Morgan fingerprint density at radius 2 is 1.72 bits per heavy atom. The molecule has 1 amide bonds. The lowest BCUT2D eigenvalue weighted by Crippen LogP contribution is -2.43. The van der Waals surface area contributed by atoms with Gasteiger partial charge in [-0.15, -0.1) is 0 Å². The van der Waals surface area contributed by atoms with E-state index in [2.05, 4.69) is 54.5 Å². The van der Waals surface area contributed by atoms with Gasteiger partial charge in [0.15, 0.2) is 5.11 Å². The summed E-state index contributed by atoms with van der Waals surface area (Å²) in [4.78, 5) is 15.6. The summed E-state index contributed by atoms with van der Waals surface area (Å²) in [5.74, 6) is 0.503. The van der Waals surface area contributed by atoms with E-state index in [4.69, 9.17) is 18.0 Å². The molecule has 1 aromatic rings. The van der Waals surface area contributed by atoms with Crippen LogP contribution < -0.4 is 16.5 Å². The van der Waals surface area contributed by atoms with Crippen molar-refractivity contribution in [3.63, 3.8) is 0 Å². The topological polar surface area (TPSA) is 82.8 Å². The number of amides is 1. The number of anilines is 1. The summed E-state index contributed by atoms with van der Waals surface area (Å²) in [5, 5.41) is 7.41. The van der Waals surface area contributed by atoms with Crippen LogP contribution in [0.25, 0.3) is 0 Å². The molecule has 162 valence electrons. The van der Waals surface area contributed by atoms with Gasteiger partial charge in [-0.25, -0.2) is 0 Å². The smallest absolute Gasteiger partial charge is 0.234 e. The van der Waals surface area contributed by atoms with Crippen molar-refractivity contribution < 1.29 is 4.79 Å². The van der Waals surface area contributed by atoms with E-state index in [1.807, 2.05) is 32.9 Å². The lowest BCUT2D eigenvalue weighted by molar-refractivity contribution is -0.118. The SMILES string of the molecule is C/C(=N/NC(N)=S)[C@H](CN(CC(C)C)CC(C)C)C(=O)Nc1ccc(C)cc1C. The van der Waals surface area contributed by atoms with Gasteiger partial charge in [-0.1, -0.05) is 45.4 Å². The van der Waals surface area contributed by atoms with Gasteiger partial charge >= 0.3 is 0 Å². The quantitative estimate of drug-likeness (QED) is 0.306. The van der Waals surface area contributed by atoms with E-state index in [1.54, 1.807) is 0 Å². The first kappa shape index (κ1) is 25.0. The molecule has 0 aliphatic rings. The Kier molecular flexibility index (Phi) is 10.3. The maximum atomic E-state index is 13.2. The predicted molar refractivity (Wildman–Crippen MR) is 127 cm³/mol. The standard InChI is InChI=1S/C22H37N5OS/c1-14(2)11-27(12-15(3)4)13-19(18(7)25-26-22(23)29)21(28)24-20-9-8-16(5)10-17(20)6/h8-10,14-15,19H,11-13H2,1-7H3,(H,24,28)(H3,23,26,29)/b25-18-/t19-/m0/s1. The predicted octanol–water partition coefficient (Wildman–Crippen LogP) is 3.68. The van der Waals surface area contributed by atoms with Crippen LogP contribution in [0.4, 0.5) is 5.69 Å². The minimum Gasteiger partial charge on any atom is -0.375 e. The second-order valence-corrected chi connectivity index (χ2v) is 9.04. The number of nitrogens with two attached hydrogens (primary N) is 1. The maximum absolute atomic E-state index is 13.2. The first-order valence-electron chi connectivity index (χ1n) is 10.2. The van der Waals surface area contributed by atoms with Crippen LogP contribution >= 0.6 is 12.2 Å². The molecule has 1 rings (SSSR count). The van der Waals surface area contributed by atoms with E-state index in [0.29, 0.717) is 24.1 Å². The molecule has 7 heteroatoms. The van der Waals surface area contributed by atoms with Crippen molar-refractivity contribution in [1.82, 2.24) is 10.3 Å². The van der Waals surface area contributed by atoms with E-state index in [1.165, 1.54) is 0 Å². The summed E-state index contributed by atoms with van der Waals surface area (Å²) in [6.45, 7) is 17.0. The molecule has 29 heavy (non-hydrogen) atoms. The van der Waals surface area contributed by atoms with Crippen molar-refractivity contribution in [3.8, 4) is 0 Å². The number of rotatable bonds is 10. The average Bonchev–Trinajstić information content (AvgIpc) is 2.58. The van der Waals surface area contributed by atoms with Crippen LogP contribution in [-0.2, 0) is 4.79 Å². The molecule has 0 fully saturated rings. The van der Waals surface area contributed by atoms with Crippen molar-refractivity contribution in [2.45, 2.75) is 48.5 Å². The molecule has 0 unspecified atom stereocenters. The summed E-state index contributed by atoms with van der Waals surface area (Å²) >= 11 is 4.85. The molecule has 0 radical (unpaired) electrons. The summed E-state index contributed by atoms with van der Waals surface area (Å²) in [6.07, 6.45) is 0. The minimum atomic E-state index is -0.421. The van der Waals surface area contributed by atoms with E-state index in [-0.39, 0.29) is 11.0 Å². The molecule has 1 aromatic carbocycles. The second kappa shape index (κ2) is 11.9. The van der Waals surface area contributed by atoms with Crippen LogP contribution in [0.1, 0.15) is 45.7 Å². The average molecular weight is 420 g/mol. The third kappa shape index (κ3) is 9.37. The molecule has 0 aromatic heterocycles. The summed E-state index contributed by atoms with van der Waals surface area (Å²) < 4.78 is 0. The molecule has 0 spiro atoms. The zero-order valence-electron chi connectivity index (χ0n) is 18.9. The van der Waals surface area contributed by atoms with Gasteiger partial charge in [0, 0.05) is 31.0 Å². The fourth-order valence-corrected chi connectivity index (χ4v) is 3.36. The molecule has 1 atom stereocenters. The van der Waals surface area contributed by atoms with Crippen LogP contribution in [0, 0.1) is 31.6 Å². The number of nitrogens with one attached hydrogen (secondary N) is 2. The second-order valence-electron chi connectivity index (χ2n) is 8.60. The van der Waals surface area contributed by atoms with Crippen LogP contribution in [0.5, 0.6) is 0 Å². The Bertz CT molecular complexity index is 720. The summed E-state index contributed by atoms with van der Waals surface area (Å²) in [5.41, 5.74) is 11.8. The number of hydrogen-bond acceptors (Lipinski definition) is 4. The zero-order chi connectivity index (χ0) is 22.1. The molecule has 0 saturated carbocycles. The molecule has 0 aliphatic carbocycles. The van der Waals surface area contributed by atoms with E-state index in [0.717, 1.165) is 29.9 Å². The summed E-state index contributed by atoms with van der Waals surface area (Å²) in [7, 11) is 0. The Labute approximate surface area is 181 Å². The molecular weight excluding hydrogens is 382 g/mol. The monoisotopic (exact) mass is 419 g/mol. The lowest BCUT2D eigenvalue weighted by Gasteiger charge is -2.30. The van der Waals surface area contributed by atoms with Gasteiger partial charge in [0.1, 0.15) is 0 Å². The highest BCUT2D eigenvalue weighted by Crippen LogP contribution is 2.18. The third-order valence-corrected chi connectivity index (χ3v) is 4.58. The first-order chi connectivity index (χ1) is 13.5. The molecule has 0 saturated heterocycles. The van der Waals surface area contributed by atoms with Gasteiger partial charge in [-0.2, -0.15) is 5.10 Å². The molecular formula is C22H37N5OS. The zero-order valence-corrected chi connectivity index (χ0v) is 19.7. The van der Waals surface area contributed by atoms with Gasteiger partial charge in [-0.05, 0) is 56.5 Å². The number of carbonyl (C=O) groups is 1. The number of thiocarbonyl (C=S) groups is 1. The third-order valence-electron chi connectivity index (χ3n) is 4.49. The number of hydrazone groups is 1. The van der Waals surface area contributed by atoms with Crippen LogP contribution in [0.3, 0.4) is 0 Å². The van der Waals surface area contributed by atoms with Gasteiger partial charge in [0.25, 0.3) is 0 Å². The number of aryl methyl sites for hydroxylation is 2. The van der Waals surface area contributed by atoms with Crippen LogP contribution in [0.15, 0.2) is 23.3 Å². The lowest BCUT2D eigenvalue weighted by atomic mass is 10.00. The highest BCUT2D eigenvalue weighted by molar-refractivity contribution is 7.80. The highest BCUT2D eigenvalue weighted by Gasteiger charge is 2.26. The van der Waals surface area contributed by atoms with E-state index < -0.39 is 5.92 Å². The van der Waals surface area contributed by atoms with Crippen molar-refractivity contribution in [3.05, 3.63) is 29.3 Å². The molecule has 0 heterocycles. The van der Waals surface area contributed by atoms with Gasteiger partial charge in [-0.3, -0.25) is 10.2 Å². The minimum absolute atomic E-state index is 0.0825. The molecule has 0 aliphatic heterocycles. The molecule has 4 N–H and O–H groups in total. The molecule has 6 nitrogen and oxygen atoms in total. The fourth-order valence-electron chi connectivity index (χ4n) is 3.31. The summed E-state index contributed by atoms with van der Waals surface area (Å²) in [6, 6.07) is 6.00. The van der Waals surface area contributed by atoms with Gasteiger partial charge in [0.05, 0.1) is 5.92 Å². The largest absolute Gasteiger partial charge is 0.375 e. The molecule has 0 bridgehead atoms. The van der Waals surface area contributed by atoms with Crippen molar-refractivity contribution >= 4 is 34.6 Å². The van der Waals surface area contributed by atoms with E-state index >= 15 is 0 Å². The van der Waals surface area contributed by atoms with Crippen molar-refractivity contribution in [2.24, 2.45) is 28.6 Å². The number of nitrogens with zero attached hydrogens (tertiary/aromatic N) is 2. The van der Waals surface area contributed by atoms with Crippen molar-refractivity contribution in [2.75, 3.05) is 25.0 Å². The van der Waals surface area contributed by atoms with Crippen LogP contribution in [-0.4, -0.2) is 41.3 Å². The van der Waals surface area contributed by atoms with Gasteiger partial charge in [0.2, 0.25) is 5.91 Å². The Morgan fingerprint density at radius 3 is 2.21 bits per heavy atom. The van der Waals surface area contributed by atoms with Crippen LogP contribution in [0.2, 0.25) is 0 Å². The Morgan fingerprint density at radius 1 is 1.14 bits per heavy atom. The highest BCUT2D eigenvalue weighted by atomic mass is 32.1. The Balaban J connectivity index is 3.11. The number of carbonyl (C=O) groups excluding carboxylic acids is 1. The Hall–Kier alpha value is -1.99. The van der Waals surface area contributed by atoms with E-state index in [9.17, 15) is 4.79 Å².